The van der Waals surface area contributed by atoms with Crippen molar-refractivity contribution < 1.29 is 4.79 Å². The van der Waals surface area contributed by atoms with E-state index in [1.54, 1.807) is 0 Å². The summed E-state index contributed by atoms with van der Waals surface area (Å²) in [7, 11) is 4.19. The standard InChI is InChI=1S/C15H27N3O/c1-11(17(2)3)10-18-13(12-6-4-5-7-12)16-15(8-9-15)14(18)19/h11-13,16H,4-10H2,1-3H3. The summed E-state index contributed by atoms with van der Waals surface area (Å²) in [4.78, 5) is 17.0. The average Bonchev–Trinajstić information content (AvgIpc) is 2.85. The van der Waals surface area contributed by atoms with Gasteiger partial charge in [-0.15, -0.1) is 0 Å². The van der Waals surface area contributed by atoms with Crippen LogP contribution in [0.15, 0.2) is 0 Å². The minimum atomic E-state index is -0.153. The van der Waals surface area contributed by atoms with Crippen LogP contribution in [0.5, 0.6) is 0 Å². The van der Waals surface area contributed by atoms with Gasteiger partial charge in [0.05, 0.1) is 11.7 Å². The molecule has 1 N–H and O–H groups in total. The minimum absolute atomic E-state index is 0.153. The Balaban J connectivity index is 1.74. The molecule has 0 radical (unpaired) electrons. The molecule has 1 saturated heterocycles. The van der Waals surface area contributed by atoms with E-state index in [4.69, 9.17) is 0 Å². The summed E-state index contributed by atoms with van der Waals surface area (Å²) < 4.78 is 0. The van der Waals surface area contributed by atoms with Crippen molar-refractivity contribution in [2.75, 3.05) is 20.6 Å². The second-order valence-electron chi connectivity index (χ2n) is 6.99. The van der Waals surface area contributed by atoms with Gasteiger partial charge in [0, 0.05) is 12.6 Å². The number of hydrogen-bond acceptors (Lipinski definition) is 3. The first-order valence-corrected chi connectivity index (χ1v) is 7.79. The second-order valence-corrected chi connectivity index (χ2v) is 6.99. The number of carbonyl (C=O) groups is 1. The lowest BCUT2D eigenvalue weighted by Gasteiger charge is -2.33. The lowest BCUT2D eigenvalue weighted by atomic mass is 10.0. The van der Waals surface area contributed by atoms with Crippen molar-refractivity contribution in [3.8, 4) is 0 Å². The summed E-state index contributed by atoms with van der Waals surface area (Å²) in [6.45, 7) is 3.07. The third-order valence-electron chi connectivity index (χ3n) is 5.37. The zero-order valence-corrected chi connectivity index (χ0v) is 12.5. The Morgan fingerprint density at radius 1 is 1.37 bits per heavy atom. The molecule has 19 heavy (non-hydrogen) atoms. The number of nitrogens with one attached hydrogen (secondary N) is 1. The first-order valence-electron chi connectivity index (χ1n) is 7.79. The van der Waals surface area contributed by atoms with Gasteiger partial charge in [-0.2, -0.15) is 0 Å². The molecule has 1 aliphatic heterocycles. The highest BCUT2D eigenvalue weighted by Crippen LogP contribution is 2.45. The van der Waals surface area contributed by atoms with Crippen molar-refractivity contribution in [2.45, 2.75) is 63.2 Å². The number of rotatable bonds is 4. The number of nitrogens with zero attached hydrogens (tertiary/aromatic N) is 2. The largest absolute Gasteiger partial charge is 0.324 e. The van der Waals surface area contributed by atoms with E-state index in [-0.39, 0.29) is 5.54 Å². The lowest BCUT2D eigenvalue weighted by Crippen LogP contribution is -2.47. The van der Waals surface area contributed by atoms with Crippen molar-refractivity contribution in [1.29, 1.82) is 0 Å². The van der Waals surface area contributed by atoms with Crippen LogP contribution in [0.1, 0.15) is 45.4 Å². The third-order valence-corrected chi connectivity index (χ3v) is 5.37. The maximum absolute atomic E-state index is 12.7. The molecule has 0 aromatic carbocycles. The van der Waals surface area contributed by atoms with Crippen LogP contribution in [0, 0.1) is 5.92 Å². The van der Waals surface area contributed by atoms with E-state index < -0.39 is 0 Å². The number of amides is 1. The van der Waals surface area contributed by atoms with Gasteiger partial charge in [0.15, 0.2) is 0 Å². The van der Waals surface area contributed by atoms with Gasteiger partial charge in [0.1, 0.15) is 0 Å². The van der Waals surface area contributed by atoms with Crippen LogP contribution in [0.2, 0.25) is 0 Å². The van der Waals surface area contributed by atoms with Crippen molar-refractivity contribution in [3.63, 3.8) is 0 Å². The van der Waals surface area contributed by atoms with E-state index in [0.29, 0.717) is 24.0 Å². The molecule has 108 valence electrons. The van der Waals surface area contributed by atoms with Crippen molar-refractivity contribution in [1.82, 2.24) is 15.1 Å². The molecular formula is C15H27N3O. The molecule has 0 bridgehead atoms. The molecule has 2 unspecified atom stereocenters. The van der Waals surface area contributed by atoms with Gasteiger partial charge in [0.25, 0.3) is 0 Å². The lowest BCUT2D eigenvalue weighted by molar-refractivity contribution is -0.132. The first kappa shape index (κ1) is 13.4. The van der Waals surface area contributed by atoms with E-state index in [9.17, 15) is 4.79 Å². The predicted molar refractivity (Wildman–Crippen MR) is 75.7 cm³/mol. The van der Waals surface area contributed by atoms with Gasteiger partial charge in [0.2, 0.25) is 5.91 Å². The molecule has 0 aromatic heterocycles. The molecular weight excluding hydrogens is 238 g/mol. The Kier molecular flexibility index (Phi) is 3.34. The highest BCUT2D eigenvalue weighted by molar-refractivity contribution is 5.91. The van der Waals surface area contributed by atoms with Gasteiger partial charge >= 0.3 is 0 Å². The Hall–Kier alpha value is -0.610. The van der Waals surface area contributed by atoms with Crippen LogP contribution < -0.4 is 5.32 Å². The molecule has 2 atom stereocenters. The Morgan fingerprint density at radius 3 is 2.53 bits per heavy atom. The van der Waals surface area contributed by atoms with Gasteiger partial charge in [-0.1, -0.05) is 12.8 Å². The summed E-state index contributed by atoms with van der Waals surface area (Å²) in [5.41, 5.74) is -0.153. The maximum atomic E-state index is 12.7. The highest BCUT2D eigenvalue weighted by atomic mass is 16.2. The monoisotopic (exact) mass is 265 g/mol. The molecule has 2 aliphatic carbocycles. The molecule has 1 spiro atoms. The third kappa shape index (κ3) is 2.29. The fraction of sp³-hybridized carbons (Fsp3) is 0.933. The van der Waals surface area contributed by atoms with E-state index >= 15 is 0 Å². The summed E-state index contributed by atoms with van der Waals surface area (Å²) in [6.07, 6.45) is 7.63. The van der Waals surface area contributed by atoms with Gasteiger partial charge in [-0.3, -0.25) is 10.1 Å². The quantitative estimate of drug-likeness (QED) is 0.835. The fourth-order valence-electron chi connectivity index (χ4n) is 3.60. The highest BCUT2D eigenvalue weighted by Gasteiger charge is 2.60. The van der Waals surface area contributed by atoms with E-state index in [2.05, 4.69) is 36.1 Å². The molecule has 1 amide bonds. The normalized spacial score (nSPS) is 31.7. The zero-order chi connectivity index (χ0) is 13.6. The minimum Gasteiger partial charge on any atom is -0.324 e. The Labute approximate surface area is 116 Å². The van der Waals surface area contributed by atoms with Crippen LogP contribution in [0.4, 0.5) is 0 Å². The first-order chi connectivity index (χ1) is 9.03. The summed E-state index contributed by atoms with van der Waals surface area (Å²) in [5, 5.41) is 3.69. The van der Waals surface area contributed by atoms with Crippen LogP contribution >= 0.6 is 0 Å². The SMILES string of the molecule is CC(CN1C(=O)C2(CC2)NC1C1CCCC1)N(C)C. The van der Waals surface area contributed by atoms with Crippen LogP contribution in [0.3, 0.4) is 0 Å². The maximum Gasteiger partial charge on any atom is 0.244 e. The van der Waals surface area contributed by atoms with Gasteiger partial charge in [-0.05, 0) is 52.6 Å². The molecule has 3 rings (SSSR count). The Morgan fingerprint density at radius 2 is 2.00 bits per heavy atom. The zero-order valence-electron chi connectivity index (χ0n) is 12.5. The average molecular weight is 265 g/mol. The number of hydrogen-bond donors (Lipinski definition) is 1. The molecule has 4 nitrogen and oxygen atoms in total. The fourth-order valence-corrected chi connectivity index (χ4v) is 3.60. The van der Waals surface area contributed by atoms with Crippen LogP contribution in [0.25, 0.3) is 0 Å². The van der Waals surface area contributed by atoms with Crippen LogP contribution in [-0.4, -0.2) is 54.1 Å². The van der Waals surface area contributed by atoms with E-state index in [0.717, 1.165) is 19.4 Å². The number of likely N-dealkylation sites (N-methyl/N-ethyl adjacent to an activating group) is 1. The molecule has 2 saturated carbocycles. The van der Waals surface area contributed by atoms with Crippen LogP contribution in [-0.2, 0) is 4.79 Å². The molecule has 3 fully saturated rings. The molecule has 1 heterocycles. The second kappa shape index (κ2) is 4.74. The van der Waals surface area contributed by atoms with E-state index in [1.807, 2.05) is 0 Å². The molecule has 3 aliphatic rings. The van der Waals surface area contributed by atoms with Gasteiger partial charge in [-0.25, -0.2) is 0 Å². The summed E-state index contributed by atoms with van der Waals surface area (Å²) in [6, 6.07) is 0.420. The van der Waals surface area contributed by atoms with Gasteiger partial charge < -0.3 is 9.80 Å². The van der Waals surface area contributed by atoms with Crippen molar-refractivity contribution >= 4 is 5.91 Å². The van der Waals surface area contributed by atoms with Crippen molar-refractivity contribution in [2.24, 2.45) is 5.92 Å². The van der Waals surface area contributed by atoms with Crippen molar-refractivity contribution in [3.05, 3.63) is 0 Å². The van der Waals surface area contributed by atoms with E-state index in [1.165, 1.54) is 25.7 Å². The Bertz CT molecular complexity index is 358. The molecule has 4 heteroatoms. The number of carbonyl (C=O) groups excluding carboxylic acids is 1. The smallest absolute Gasteiger partial charge is 0.244 e. The summed E-state index contributed by atoms with van der Waals surface area (Å²) in [5.74, 6) is 1.05. The molecule has 0 aromatic rings. The topological polar surface area (TPSA) is 35.6 Å². The summed E-state index contributed by atoms with van der Waals surface area (Å²) >= 11 is 0. The predicted octanol–water partition coefficient (Wildman–Crippen LogP) is 1.42.